The van der Waals surface area contributed by atoms with Crippen LogP contribution < -0.4 is 0 Å². The number of hydrogen-bond donors (Lipinski definition) is 0. The average molecular weight is 204 g/mol. The third-order valence-electron chi connectivity index (χ3n) is 6.99. The van der Waals surface area contributed by atoms with Crippen LogP contribution in [-0.2, 0) is 0 Å². The Morgan fingerprint density at radius 3 is 2.27 bits per heavy atom. The Morgan fingerprint density at radius 1 is 0.867 bits per heavy atom. The molecule has 4 aliphatic carbocycles. The van der Waals surface area contributed by atoms with Gasteiger partial charge in [0.25, 0.3) is 0 Å². The summed E-state index contributed by atoms with van der Waals surface area (Å²) in [5, 5.41) is 0. The second-order valence-corrected chi connectivity index (χ2v) is 7.49. The minimum absolute atomic E-state index is 0.777. The van der Waals surface area contributed by atoms with Crippen molar-refractivity contribution in [1.29, 1.82) is 0 Å². The van der Waals surface area contributed by atoms with Gasteiger partial charge in [-0.15, -0.1) is 0 Å². The molecule has 0 saturated heterocycles. The molecule has 0 bridgehead atoms. The van der Waals surface area contributed by atoms with Crippen molar-refractivity contribution in [3.05, 3.63) is 0 Å². The Bertz CT molecular complexity index is 295. The van der Waals surface area contributed by atoms with E-state index in [2.05, 4.69) is 6.92 Å². The molecule has 0 aliphatic heterocycles. The number of rotatable bonds is 0. The van der Waals surface area contributed by atoms with Gasteiger partial charge in [-0.1, -0.05) is 13.3 Å². The van der Waals surface area contributed by atoms with E-state index in [4.69, 9.17) is 0 Å². The van der Waals surface area contributed by atoms with Crippen molar-refractivity contribution in [2.45, 2.75) is 71.1 Å². The topological polar surface area (TPSA) is 0 Å². The molecule has 84 valence electrons. The van der Waals surface area contributed by atoms with Gasteiger partial charge in [0, 0.05) is 0 Å². The zero-order valence-corrected chi connectivity index (χ0v) is 10.1. The third kappa shape index (κ3) is 1.04. The molecule has 0 aromatic heterocycles. The summed E-state index contributed by atoms with van der Waals surface area (Å²) in [6.45, 7) is 2.67. The van der Waals surface area contributed by atoms with E-state index in [1.165, 1.54) is 0 Å². The Balaban J connectivity index is 1.66. The average Bonchev–Trinajstić information content (AvgIpc) is 3.10. The van der Waals surface area contributed by atoms with Gasteiger partial charge in [-0.05, 0) is 80.0 Å². The van der Waals surface area contributed by atoms with Crippen LogP contribution >= 0.6 is 0 Å². The van der Waals surface area contributed by atoms with Crippen molar-refractivity contribution in [3.63, 3.8) is 0 Å². The van der Waals surface area contributed by atoms with Gasteiger partial charge in [0.1, 0.15) is 0 Å². The first kappa shape index (κ1) is 9.07. The molecule has 0 amide bonds. The zero-order valence-electron chi connectivity index (χ0n) is 10.1. The Kier molecular flexibility index (Phi) is 1.49. The van der Waals surface area contributed by atoms with Crippen LogP contribution in [0.25, 0.3) is 0 Å². The first-order valence-electron chi connectivity index (χ1n) is 7.18. The SMILES string of the molecule is CC12CCC3(CC3)CC1CCCC21CC1. The van der Waals surface area contributed by atoms with Crippen LogP contribution in [-0.4, -0.2) is 0 Å². The summed E-state index contributed by atoms with van der Waals surface area (Å²) in [6, 6.07) is 0. The summed E-state index contributed by atoms with van der Waals surface area (Å²) in [4.78, 5) is 0. The molecular formula is C15H24. The highest BCUT2D eigenvalue weighted by Crippen LogP contribution is 2.75. The lowest BCUT2D eigenvalue weighted by Crippen LogP contribution is -2.44. The summed E-state index contributed by atoms with van der Waals surface area (Å²) in [6.07, 6.45) is 15.8. The molecule has 0 aromatic rings. The van der Waals surface area contributed by atoms with Gasteiger partial charge < -0.3 is 0 Å². The Morgan fingerprint density at radius 2 is 1.60 bits per heavy atom. The molecule has 2 unspecified atom stereocenters. The van der Waals surface area contributed by atoms with E-state index in [0.717, 1.165) is 22.2 Å². The fraction of sp³-hybridized carbons (Fsp3) is 1.00. The highest BCUT2D eigenvalue weighted by molar-refractivity contribution is 5.14. The second kappa shape index (κ2) is 2.46. The van der Waals surface area contributed by atoms with Gasteiger partial charge in [0.15, 0.2) is 0 Å². The summed E-state index contributed by atoms with van der Waals surface area (Å²) in [7, 11) is 0. The van der Waals surface area contributed by atoms with Crippen LogP contribution in [0.5, 0.6) is 0 Å². The number of fused-ring (bicyclic) bond motifs is 2. The summed E-state index contributed by atoms with van der Waals surface area (Å²) in [5.41, 5.74) is 2.52. The molecule has 4 aliphatic rings. The normalized spacial score (nSPS) is 49.0. The highest BCUT2D eigenvalue weighted by Gasteiger charge is 2.64. The molecule has 4 saturated carbocycles. The van der Waals surface area contributed by atoms with E-state index >= 15 is 0 Å². The van der Waals surface area contributed by atoms with Crippen LogP contribution in [0.3, 0.4) is 0 Å². The largest absolute Gasteiger partial charge is 0.0588 e. The Hall–Kier alpha value is 0. The monoisotopic (exact) mass is 204 g/mol. The predicted molar refractivity (Wildman–Crippen MR) is 62.6 cm³/mol. The van der Waals surface area contributed by atoms with Crippen LogP contribution in [0.2, 0.25) is 0 Å². The van der Waals surface area contributed by atoms with Crippen molar-refractivity contribution in [1.82, 2.24) is 0 Å². The van der Waals surface area contributed by atoms with Crippen LogP contribution in [0.15, 0.2) is 0 Å². The smallest absolute Gasteiger partial charge is 0.0241 e. The van der Waals surface area contributed by atoms with Crippen molar-refractivity contribution in [2.75, 3.05) is 0 Å². The first-order valence-corrected chi connectivity index (χ1v) is 7.18. The summed E-state index contributed by atoms with van der Waals surface area (Å²) in [5.74, 6) is 1.12. The van der Waals surface area contributed by atoms with Gasteiger partial charge in [0.05, 0.1) is 0 Å². The fourth-order valence-electron chi connectivity index (χ4n) is 5.27. The van der Waals surface area contributed by atoms with E-state index in [1.54, 1.807) is 64.2 Å². The highest BCUT2D eigenvalue weighted by atomic mass is 14.7. The van der Waals surface area contributed by atoms with E-state index in [9.17, 15) is 0 Å². The molecule has 2 atom stereocenters. The molecular weight excluding hydrogens is 180 g/mol. The second-order valence-electron chi connectivity index (χ2n) is 7.49. The maximum atomic E-state index is 2.67. The van der Waals surface area contributed by atoms with Gasteiger partial charge >= 0.3 is 0 Å². The molecule has 0 heterocycles. The van der Waals surface area contributed by atoms with Gasteiger partial charge in [0.2, 0.25) is 0 Å². The maximum absolute atomic E-state index is 2.67. The molecule has 15 heavy (non-hydrogen) atoms. The van der Waals surface area contributed by atoms with Crippen LogP contribution in [0.4, 0.5) is 0 Å². The molecule has 0 nitrogen and oxygen atoms in total. The lowest BCUT2D eigenvalue weighted by atomic mass is 9.51. The molecule has 0 heteroatoms. The summed E-state index contributed by atoms with van der Waals surface area (Å²) < 4.78 is 0. The van der Waals surface area contributed by atoms with Gasteiger partial charge in [-0.3, -0.25) is 0 Å². The molecule has 0 N–H and O–H groups in total. The van der Waals surface area contributed by atoms with E-state index in [1.807, 2.05) is 0 Å². The number of hydrogen-bond acceptors (Lipinski definition) is 0. The fourth-order valence-corrected chi connectivity index (χ4v) is 5.27. The Labute approximate surface area is 93.8 Å². The van der Waals surface area contributed by atoms with Crippen LogP contribution in [0.1, 0.15) is 71.1 Å². The standard InChI is InChI=1S/C15H24/c1-13-5-6-14(7-8-14)11-12(13)3-2-4-15(13)9-10-15/h12H,2-11H2,1H3. The maximum Gasteiger partial charge on any atom is -0.0241 e. The van der Waals surface area contributed by atoms with E-state index in [-0.39, 0.29) is 0 Å². The first-order chi connectivity index (χ1) is 7.18. The quantitative estimate of drug-likeness (QED) is 0.543. The van der Waals surface area contributed by atoms with E-state index in [0.29, 0.717) is 0 Å². The molecule has 4 fully saturated rings. The minimum atomic E-state index is 0.777. The molecule has 0 aromatic carbocycles. The van der Waals surface area contributed by atoms with Crippen molar-refractivity contribution in [3.8, 4) is 0 Å². The molecule has 0 radical (unpaired) electrons. The van der Waals surface area contributed by atoms with Crippen LogP contribution in [0, 0.1) is 22.2 Å². The summed E-state index contributed by atoms with van der Waals surface area (Å²) >= 11 is 0. The molecule has 2 spiro atoms. The lowest BCUT2D eigenvalue weighted by molar-refractivity contribution is -0.0388. The zero-order chi connectivity index (χ0) is 10.1. The minimum Gasteiger partial charge on any atom is -0.0588 e. The third-order valence-corrected chi connectivity index (χ3v) is 6.99. The van der Waals surface area contributed by atoms with E-state index < -0.39 is 0 Å². The van der Waals surface area contributed by atoms with Gasteiger partial charge in [-0.25, -0.2) is 0 Å². The van der Waals surface area contributed by atoms with Crippen molar-refractivity contribution >= 4 is 0 Å². The molecule has 4 rings (SSSR count). The van der Waals surface area contributed by atoms with Gasteiger partial charge in [-0.2, -0.15) is 0 Å². The van der Waals surface area contributed by atoms with Crippen molar-refractivity contribution in [2.24, 2.45) is 22.2 Å². The van der Waals surface area contributed by atoms with Crippen molar-refractivity contribution < 1.29 is 0 Å². The lowest BCUT2D eigenvalue weighted by Gasteiger charge is -2.53. The predicted octanol–water partition coefficient (Wildman–Crippen LogP) is 4.54.